The van der Waals surface area contributed by atoms with Gasteiger partial charge in [-0.05, 0) is 35.7 Å². The largest absolute Gasteiger partial charge is 0.359 e. The highest BCUT2D eigenvalue weighted by atomic mass is 32.1. The maximum absolute atomic E-state index is 4.38. The highest BCUT2D eigenvalue weighted by Crippen LogP contribution is 2.11. The van der Waals surface area contributed by atoms with Crippen LogP contribution in [-0.4, -0.2) is 16.6 Å². The molecule has 4 heteroatoms. The molecule has 0 atom stereocenters. The van der Waals surface area contributed by atoms with E-state index in [0.717, 1.165) is 24.6 Å². The van der Waals surface area contributed by atoms with Gasteiger partial charge in [-0.2, -0.15) is 11.3 Å². The second-order valence-electron chi connectivity index (χ2n) is 3.53. The fourth-order valence-electron chi connectivity index (χ4n) is 1.60. The van der Waals surface area contributed by atoms with Gasteiger partial charge in [-0.15, -0.1) is 0 Å². The van der Waals surface area contributed by atoms with E-state index in [0.29, 0.717) is 0 Å². The minimum absolute atomic E-state index is 0.947. The molecule has 0 fully saturated rings. The van der Waals surface area contributed by atoms with Crippen LogP contribution >= 0.6 is 11.3 Å². The van der Waals surface area contributed by atoms with E-state index in [1.54, 1.807) is 11.3 Å². The Kier molecular flexibility index (Phi) is 3.06. The number of nitrogens with zero attached hydrogens (tertiary/aromatic N) is 2. The Hall–Kier alpha value is -1.29. The molecule has 80 valence electrons. The van der Waals surface area contributed by atoms with Gasteiger partial charge in [0.2, 0.25) is 5.95 Å². The lowest BCUT2D eigenvalue weighted by atomic mass is 10.2. The van der Waals surface area contributed by atoms with E-state index in [1.165, 1.54) is 5.56 Å². The molecule has 0 unspecified atom stereocenters. The SMILES string of the molecule is CNc1nc(C)cn1CCc1ccsc1. The van der Waals surface area contributed by atoms with Gasteiger partial charge < -0.3 is 9.88 Å². The number of aromatic nitrogens is 2. The first kappa shape index (κ1) is 10.2. The number of thiophene rings is 1. The Morgan fingerprint density at radius 1 is 1.53 bits per heavy atom. The Morgan fingerprint density at radius 2 is 2.40 bits per heavy atom. The van der Waals surface area contributed by atoms with Crippen LogP contribution in [0, 0.1) is 6.92 Å². The first-order valence-corrected chi connectivity index (χ1v) is 5.96. The van der Waals surface area contributed by atoms with Crippen molar-refractivity contribution in [1.82, 2.24) is 9.55 Å². The molecule has 0 radical (unpaired) electrons. The highest BCUT2D eigenvalue weighted by molar-refractivity contribution is 7.07. The van der Waals surface area contributed by atoms with Crippen LogP contribution in [0.25, 0.3) is 0 Å². The first-order chi connectivity index (χ1) is 7.29. The van der Waals surface area contributed by atoms with Crippen molar-refractivity contribution in [2.24, 2.45) is 0 Å². The fourth-order valence-corrected chi connectivity index (χ4v) is 2.30. The molecule has 3 nitrogen and oxygen atoms in total. The van der Waals surface area contributed by atoms with Crippen LogP contribution in [0.5, 0.6) is 0 Å². The fraction of sp³-hybridized carbons (Fsp3) is 0.364. The predicted octanol–water partition coefficient (Wildman–Crippen LogP) is 2.54. The summed E-state index contributed by atoms with van der Waals surface area (Å²) in [5.74, 6) is 0.947. The number of imidazole rings is 1. The molecule has 0 spiro atoms. The normalized spacial score (nSPS) is 10.5. The Labute approximate surface area is 93.8 Å². The van der Waals surface area contributed by atoms with Crippen LogP contribution in [0.1, 0.15) is 11.3 Å². The van der Waals surface area contributed by atoms with Crippen LogP contribution in [0.15, 0.2) is 23.0 Å². The summed E-state index contributed by atoms with van der Waals surface area (Å²) in [5.41, 5.74) is 2.46. The van der Waals surface area contributed by atoms with Crippen molar-refractivity contribution >= 4 is 17.3 Å². The molecule has 15 heavy (non-hydrogen) atoms. The van der Waals surface area contributed by atoms with Gasteiger partial charge in [0, 0.05) is 19.8 Å². The lowest BCUT2D eigenvalue weighted by Crippen LogP contribution is -2.04. The maximum Gasteiger partial charge on any atom is 0.202 e. The second-order valence-corrected chi connectivity index (χ2v) is 4.31. The zero-order chi connectivity index (χ0) is 10.7. The zero-order valence-electron chi connectivity index (χ0n) is 9.03. The average molecular weight is 221 g/mol. The Bertz CT molecular complexity index is 417. The standard InChI is InChI=1S/C11H15N3S/c1-9-7-14(11(12-2)13-9)5-3-10-4-6-15-8-10/h4,6-8H,3,5H2,1-2H3,(H,12,13). The van der Waals surface area contributed by atoms with E-state index in [-0.39, 0.29) is 0 Å². The number of hydrogen-bond donors (Lipinski definition) is 1. The van der Waals surface area contributed by atoms with Gasteiger partial charge in [0.05, 0.1) is 5.69 Å². The average Bonchev–Trinajstić information content (AvgIpc) is 2.83. The summed E-state index contributed by atoms with van der Waals surface area (Å²) in [6.45, 7) is 3.00. The van der Waals surface area contributed by atoms with E-state index < -0.39 is 0 Å². The Morgan fingerprint density at radius 3 is 3.07 bits per heavy atom. The zero-order valence-corrected chi connectivity index (χ0v) is 9.84. The quantitative estimate of drug-likeness (QED) is 0.860. The molecule has 0 aliphatic heterocycles. The van der Waals surface area contributed by atoms with Crippen molar-refractivity contribution in [3.63, 3.8) is 0 Å². The summed E-state index contributed by atoms with van der Waals surface area (Å²) < 4.78 is 2.16. The predicted molar refractivity (Wildman–Crippen MR) is 64.5 cm³/mol. The van der Waals surface area contributed by atoms with Crippen molar-refractivity contribution in [2.45, 2.75) is 19.9 Å². The summed E-state index contributed by atoms with van der Waals surface area (Å²) in [6, 6.07) is 2.17. The van der Waals surface area contributed by atoms with Gasteiger partial charge in [-0.3, -0.25) is 0 Å². The van der Waals surface area contributed by atoms with Gasteiger partial charge in [-0.25, -0.2) is 4.98 Å². The summed E-state index contributed by atoms with van der Waals surface area (Å²) in [7, 11) is 1.91. The molecule has 2 aromatic heterocycles. The molecule has 0 saturated heterocycles. The summed E-state index contributed by atoms with van der Waals surface area (Å²) in [5, 5.41) is 7.42. The van der Waals surface area contributed by atoms with Crippen molar-refractivity contribution in [2.75, 3.05) is 12.4 Å². The van der Waals surface area contributed by atoms with Gasteiger partial charge in [-0.1, -0.05) is 0 Å². The molecule has 0 bridgehead atoms. The van der Waals surface area contributed by atoms with Crippen LogP contribution in [0.4, 0.5) is 5.95 Å². The van der Waals surface area contributed by atoms with Gasteiger partial charge >= 0.3 is 0 Å². The monoisotopic (exact) mass is 221 g/mol. The third kappa shape index (κ3) is 2.39. The highest BCUT2D eigenvalue weighted by Gasteiger charge is 2.03. The number of anilines is 1. The molecule has 2 heterocycles. The molecule has 2 aromatic rings. The van der Waals surface area contributed by atoms with Crippen LogP contribution < -0.4 is 5.32 Å². The second kappa shape index (κ2) is 4.49. The molecule has 0 aliphatic carbocycles. The number of rotatable bonds is 4. The molecule has 0 aromatic carbocycles. The molecule has 0 saturated carbocycles. The molecule has 0 aliphatic rings. The van der Waals surface area contributed by atoms with Gasteiger partial charge in [0.1, 0.15) is 0 Å². The van der Waals surface area contributed by atoms with Crippen molar-refractivity contribution in [3.8, 4) is 0 Å². The smallest absolute Gasteiger partial charge is 0.202 e. The number of aryl methyl sites for hydroxylation is 3. The maximum atomic E-state index is 4.38. The lowest BCUT2D eigenvalue weighted by Gasteiger charge is -2.05. The van der Waals surface area contributed by atoms with Crippen LogP contribution in [0.3, 0.4) is 0 Å². The van der Waals surface area contributed by atoms with E-state index >= 15 is 0 Å². The molecule has 0 amide bonds. The van der Waals surface area contributed by atoms with Crippen molar-refractivity contribution in [3.05, 3.63) is 34.3 Å². The van der Waals surface area contributed by atoms with E-state index in [2.05, 4.69) is 37.9 Å². The minimum atomic E-state index is 0.947. The molecule has 1 N–H and O–H groups in total. The lowest BCUT2D eigenvalue weighted by molar-refractivity contribution is 0.703. The first-order valence-electron chi connectivity index (χ1n) is 5.02. The van der Waals surface area contributed by atoms with Crippen LogP contribution in [0.2, 0.25) is 0 Å². The molecular formula is C11H15N3S. The van der Waals surface area contributed by atoms with Crippen LogP contribution in [-0.2, 0) is 13.0 Å². The summed E-state index contributed by atoms with van der Waals surface area (Å²) in [4.78, 5) is 4.38. The van der Waals surface area contributed by atoms with Crippen molar-refractivity contribution in [1.29, 1.82) is 0 Å². The number of hydrogen-bond acceptors (Lipinski definition) is 3. The van der Waals surface area contributed by atoms with Crippen molar-refractivity contribution < 1.29 is 0 Å². The third-order valence-electron chi connectivity index (χ3n) is 2.34. The van der Waals surface area contributed by atoms with E-state index in [4.69, 9.17) is 0 Å². The number of nitrogens with one attached hydrogen (secondary N) is 1. The third-order valence-corrected chi connectivity index (χ3v) is 3.07. The van der Waals surface area contributed by atoms with Gasteiger partial charge in [0.15, 0.2) is 0 Å². The van der Waals surface area contributed by atoms with Gasteiger partial charge in [0.25, 0.3) is 0 Å². The summed E-state index contributed by atoms with van der Waals surface area (Å²) in [6.07, 6.45) is 3.15. The minimum Gasteiger partial charge on any atom is -0.359 e. The Balaban J connectivity index is 2.04. The summed E-state index contributed by atoms with van der Waals surface area (Å²) >= 11 is 1.75. The molecular weight excluding hydrogens is 206 g/mol. The molecule has 2 rings (SSSR count). The van der Waals surface area contributed by atoms with E-state index in [1.807, 2.05) is 14.0 Å². The van der Waals surface area contributed by atoms with E-state index in [9.17, 15) is 0 Å². The topological polar surface area (TPSA) is 29.9 Å².